The van der Waals surface area contributed by atoms with Crippen molar-refractivity contribution in [2.45, 2.75) is 109 Å². The Balaban J connectivity index is 0.0000116. The predicted octanol–water partition coefficient (Wildman–Crippen LogP) is 3.38. The van der Waals surface area contributed by atoms with Crippen molar-refractivity contribution in [3.8, 4) is 0 Å². The summed E-state index contributed by atoms with van der Waals surface area (Å²) in [6, 6.07) is 5.84. The Morgan fingerprint density at radius 1 is 0.771 bits per heavy atom. The van der Waals surface area contributed by atoms with Crippen molar-refractivity contribution >= 4 is 22.1 Å². The monoisotopic (exact) mass is 536 g/mol. The van der Waals surface area contributed by atoms with Gasteiger partial charge < -0.3 is 14.0 Å². The number of ether oxygens (including phenoxy) is 2. The number of esters is 2. The average molecular weight is 537 g/mol. The van der Waals surface area contributed by atoms with Crippen molar-refractivity contribution < 1.29 is 83.4 Å². The number of rotatable bonds is 19. The van der Waals surface area contributed by atoms with Gasteiger partial charge in [-0.1, -0.05) is 103 Å². The van der Waals surface area contributed by atoms with Crippen molar-refractivity contribution in [3.63, 3.8) is 0 Å². The summed E-state index contributed by atoms with van der Waals surface area (Å²) in [5.41, 5.74) is -1.94. The molecule has 1 aromatic carbocycles. The molecule has 0 saturated heterocycles. The Kier molecular flexibility index (Phi) is 20.6. The van der Waals surface area contributed by atoms with Crippen LogP contribution >= 0.6 is 0 Å². The van der Waals surface area contributed by atoms with Gasteiger partial charge in [0.1, 0.15) is 10.1 Å². The number of hydrogen-bond acceptors (Lipinski definition) is 7. The molecule has 0 saturated carbocycles. The van der Waals surface area contributed by atoms with Gasteiger partial charge in [-0.25, -0.2) is 18.0 Å². The second kappa shape index (κ2) is 20.7. The summed E-state index contributed by atoms with van der Waals surface area (Å²) in [5.74, 6) is -1.72. The summed E-state index contributed by atoms with van der Waals surface area (Å²) in [7, 11) is -4.80. The Bertz CT molecular complexity index is 827. The van der Waals surface area contributed by atoms with Crippen LogP contribution in [0.4, 0.5) is 0 Å². The molecule has 0 aromatic heterocycles. The number of hydrogen-bond donors (Lipinski definition) is 0. The van der Waals surface area contributed by atoms with Crippen molar-refractivity contribution in [3.05, 3.63) is 35.4 Å². The molecule has 9 heteroatoms. The molecule has 0 fully saturated rings. The van der Waals surface area contributed by atoms with E-state index in [1.807, 2.05) is 0 Å². The Morgan fingerprint density at radius 3 is 1.63 bits per heavy atom. The molecular weight excluding hydrogens is 495 g/mol. The van der Waals surface area contributed by atoms with Crippen LogP contribution < -0.4 is 51.4 Å². The largest absolute Gasteiger partial charge is 1.00 e. The molecule has 0 spiro atoms. The third-order valence-corrected chi connectivity index (χ3v) is 6.82. The summed E-state index contributed by atoms with van der Waals surface area (Å²) in [6.45, 7) is 3.90. The summed E-state index contributed by atoms with van der Waals surface area (Å²) in [6.07, 6.45) is 15.7. The first-order valence-corrected chi connectivity index (χ1v) is 14.2. The van der Waals surface area contributed by atoms with Gasteiger partial charge in [-0.15, -0.1) is 0 Å². The first-order chi connectivity index (χ1) is 16.3. The molecule has 35 heavy (non-hydrogen) atoms. The van der Waals surface area contributed by atoms with Gasteiger partial charge in [0.15, 0.2) is 5.44 Å². The van der Waals surface area contributed by atoms with Gasteiger partial charge in [-0.05, 0) is 25.0 Å². The van der Waals surface area contributed by atoms with Crippen LogP contribution in [0.1, 0.15) is 124 Å². The third kappa shape index (κ3) is 15.5. The zero-order valence-corrected chi connectivity index (χ0v) is 25.7. The molecule has 0 aliphatic rings. The van der Waals surface area contributed by atoms with Crippen LogP contribution in [0, 0.1) is 0 Å². The van der Waals surface area contributed by atoms with Crippen molar-refractivity contribution in [2.24, 2.45) is 0 Å². The first kappa shape index (κ1) is 34.7. The fourth-order valence-corrected chi connectivity index (χ4v) is 4.34. The van der Waals surface area contributed by atoms with Gasteiger partial charge >= 0.3 is 63.3 Å². The molecule has 7 nitrogen and oxygen atoms in total. The van der Waals surface area contributed by atoms with E-state index >= 15 is 0 Å². The van der Waals surface area contributed by atoms with Crippen LogP contribution in [0.3, 0.4) is 0 Å². The van der Waals surface area contributed by atoms with E-state index in [1.54, 1.807) is 6.07 Å². The van der Waals surface area contributed by atoms with Gasteiger partial charge in [0.25, 0.3) is 0 Å². The van der Waals surface area contributed by atoms with Crippen LogP contribution in [0.15, 0.2) is 24.3 Å². The van der Waals surface area contributed by atoms with Crippen LogP contribution in [0.25, 0.3) is 0 Å². The molecule has 1 rings (SSSR count). The Hall–Kier alpha value is -0.294. The fraction of sp³-hybridized carbons (Fsp3) is 0.692. The SMILES string of the molecule is CCCCCCCCCCCCCCCOC(=O)c1ccccc1C(=O)OC(CC)S(=O)(=O)[O-].[K+]. The predicted molar refractivity (Wildman–Crippen MR) is 132 cm³/mol. The molecular formula is C26H41KO7S. The smallest absolute Gasteiger partial charge is 0.745 e. The van der Waals surface area contributed by atoms with E-state index in [0.29, 0.717) is 0 Å². The summed E-state index contributed by atoms with van der Waals surface area (Å²) >= 11 is 0. The van der Waals surface area contributed by atoms with Crippen LogP contribution in [-0.4, -0.2) is 37.0 Å². The van der Waals surface area contributed by atoms with Gasteiger partial charge in [0, 0.05) is 0 Å². The van der Waals surface area contributed by atoms with Gasteiger partial charge in [0.2, 0.25) is 0 Å². The minimum atomic E-state index is -4.80. The number of benzene rings is 1. The molecule has 1 aromatic rings. The maximum atomic E-state index is 12.4. The van der Waals surface area contributed by atoms with E-state index in [9.17, 15) is 22.6 Å². The second-order valence-corrected chi connectivity index (χ2v) is 10.2. The molecule has 0 bridgehead atoms. The standard InChI is InChI=1S/C26H42O7S.K/c1-3-5-6-7-8-9-10-11-12-13-14-15-18-21-32-25(27)22-19-16-17-20-23(22)26(28)33-24(4-2)34(29,30)31;/h16-17,19-20,24H,3-15,18,21H2,1-2H3,(H,29,30,31);/q;+1/p-1. The van der Waals surface area contributed by atoms with Crippen LogP contribution in [0.2, 0.25) is 0 Å². The maximum Gasteiger partial charge on any atom is 1.00 e. The van der Waals surface area contributed by atoms with Crippen LogP contribution in [-0.2, 0) is 19.6 Å². The van der Waals surface area contributed by atoms with Crippen molar-refractivity contribution in [1.82, 2.24) is 0 Å². The molecule has 194 valence electrons. The molecule has 1 unspecified atom stereocenters. The Morgan fingerprint density at radius 2 is 1.20 bits per heavy atom. The van der Waals surface area contributed by atoms with Gasteiger partial charge in [-0.3, -0.25) is 0 Å². The quantitative estimate of drug-likeness (QED) is 0.115. The second-order valence-electron chi connectivity index (χ2n) is 8.66. The van der Waals surface area contributed by atoms with E-state index < -0.39 is 27.5 Å². The zero-order chi connectivity index (χ0) is 25.2. The minimum absolute atomic E-state index is 0. The molecule has 0 aliphatic heterocycles. The topological polar surface area (TPSA) is 110 Å². The molecule has 0 aliphatic carbocycles. The minimum Gasteiger partial charge on any atom is -0.745 e. The average Bonchev–Trinajstić information content (AvgIpc) is 2.81. The molecule has 0 N–H and O–H groups in total. The van der Waals surface area contributed by atoms with Crippen molar-refractivity contribution in [2.75, 3.05) is 6.61 Å². The molecule has 0 amide bonds. The van der Waals surface area contributed by atoms with E-state index in [1.165, 1.54) is 89.3 Å². The van der Waals surface area contributed by atoms with E-state index in [-0.39, 0.29) is 75.5 Å². The van der Waals surface area contributed by atoms with Crippen LogP contribution in [0.5, 0.6) is 0 Å². The van der Waals surface area contributed by atoms with E-state index in [0.717, 1.165) is 19.3 Å². The van der Waals surface area contributed by atoms with Gasteiger partial charge in [-0.2, -0.15) is 0 Å². The molecule has 0 radical (unpaired) electrons. The van der Waals surface area contributed by atoms with E-state index in [2.05, 4.69) is 6.92 Å². The summed E-state index contributed by atoms with van der Waals surface area (Å²) in [4.78, 5) is 24.8. The Labute approximate surface area is 254 Å². The van der Waals surface area contributed by atoms with Crippen molar-refractivity contribution in [1.29, 1.82) is 0 Å². The summed E-state index contributed by atoms with van der Waals surface area (Å²) in [5, 5.41) is 0. The van der Waals surface area contributed by atoms with Gasteiger partial charge in [0.05, 0.1) is 17.7 Å². The maximum absolute atomic E-state index is 12.4. The fourth-order valence-electron chi connectivity index (χ4n) is 3.73. The molecule has 0 heterocycles. The number of unbranched alkanes of at least 4 members (excludes halogenated alkanes) is 12. The normalized spacial score (nSPS) is 12.0. The van der Waals surface area contributed by atoms with E-state index in [4.69, 9.17) is 9.47 Å². The molecule has 1 atom stereocenters. The summed E-state index contributed by atoms with van der Waals surface area (Å²) < 4.78 is 43.7. The zero-order valence-electron chi connectivity index (χ0n) is 21.8. The number of carbonyl (C=O) groups excluding carboxylic acids is 2. The number of carbonyl (C=O) groups is 2. The first-order valence-electron chi connectivity index (χ1n) is 12.7. The third-order valence-electron chi connectivity index (χ3n) is 5.74.